The maximum atomic E-state index is 11.8. The first-order valence-electron chi connectivity index (χ1n) is 8.60. The first-order valence-corrected chi connectivity index (χ1v) is 8.60. The molecule has 1 aromatic rings. The molecule has 156 valence electrons. The predicted octanol–water partition coefficient (Wildman–Crippen LogP) is 1.73. The number of methoxy groups -OCH3 is 3. The maximum absolute atomic E-state index is 11.8. The van der Waals surface area contributed by atoms with Crippen molar-refractivity contribution in [2.75, 3.05) is 65.6 Å². The number of halogens is 2. The summed E-state index contributed by atoms with van der Waals surface area (Å²) < 4.78 is 15.6. The fourth-order valence-corrected chi connectivity index (χ4v) is 2.91. The summed E-state index contributed by atoms with van der Waals surface area (Å²) in [4.78, 5) is 14.1. The Hall–Kier alpha value is -1.41. The highest BCUT2D eigenvalue weighted by Crippen LogP contribution is 2.31. The second-order valence-electron chi connectivity index (χ2n) is 6.15. The fraction of sp³-hybridized carbons (Fsp3) is 0.611. The Labute approximate surface area is 173 Å². The molecule has 2 N–H and O–H groups in total. The van der Waals surface area contributed by atoms with Crippen LogP contribution in [-0.4, -0.2) is 66.6 Å². The van der Waals surface area contributed by atoms with E-state index in [1.165, 1.54) is 0 Å². The number of carbonyl (C=O) groups is 1. The molecule has 9 heteroatoms. The smallest absolute Gasteiger partial charge is 0.233 e. The zero-order valence-electron chi connectivity index (χ0n) is 16.2. The molecular formula is C18H31Cl2N3O4. The van der Waals surface area contributed by atoms with Crippen molar-refractivity contribution in [1.82, 2.24) is 10.6 Å². The normalized spacial score (nSPS) is 15.5. The number of benzene rings is 1. The minimum Gasteiger partial charge on any atom is -0.497 e. The molecule has 2 rings (SSSR count). The molecule has 0 aromatic heterocycles. The van der Waals surface area contributed by atoms with E-state index < -0.39 is 0 Å². The van der Waals surface area contributed by atoms with Crippen LogP contribution in [0.3, 0.4) is 0 Å². The van der Waals surface area contributed by atoms with Gasteiger partial charge in [-0.05, 0) is 12.3 Å². The van der Waals surface area contributed by atoms with Gasteiger partial charge in [-0.15, -0.1) is 24.8 Å². The van der Waals surface area contributed by atoms with Gasteiger partial charge in [0.15, 0.2) is 0 Å². The Morgan fingerprint density at radius 3 is 2.41 bits per heavy atom. The SMILES string of the molecule is COCCNCC(=O)NCC1CCN(c2cc(OC)cc(OC)c2)C1.Cl.Cl. The van der Waals surface area contributed by atoms with Gasteiger partial charge in [-0.3, -0.25) is 4.79 Å². The van der Waals surface area contributed by atoms with Crippen molar-refractivity contribution < 1.29 is 19.0 Å². The summed E-state index contributed by atoms with van der Waals surface area (Å²) in [7, 11) is 4.95. The lowest BCUT2D eigenvalue weighted by molar-refractivity contribution is -0.120. The van der Waals surface area contributed by atoms with Crippen LogP contribution in [0.25, 0.3) is 0 Å². The third-order valence-corrected chi connectivity index (χ3v) is 4.34. The van der Waals surface area contributed by atoms with Gasteiger partial charge in [0.05, 0.1) is 27.4 Å². The van der Waals surface area contributed by atoms with Gasteiger partial charge >= 0.3 is 0 Å². The summed E-state index contributed by atoms with van der Waals surface area (Å²) >= 11 is 0. The molecule has 1 amide bonds. The second kappa shape index (κ2) is 13.7. The van der Waals surface area contributed by atoms with Crippen LogP contribution in [0.5, 0.6) is 11.5 Å². The highest BCUT2D eigenvalue weighted by atomic mass is 35.5. The predicted molar refractivity (Wildman–Crippen MR) is 112 cm³/mol. The summed E-state index contributed by atoms with van der Waals surface area (Å²) in [5.41, 5.74) is 1.09. The third kappa shape index (κ3) is 8.43. The minimum absolute atomic E-state index is 0. The highest BCUT2D eigenvalue weighted by Gasteiger charge is 2.23. The molecule has 1 aliphatic heterocycles. The molecular weight excluding hydrogens is 393 g/mol. The number of carbonyl (C=O) groups excluding carboxylic acids is 1. The average Bonchev–Trinajstić information content (AvgIpc) is 3.12. The van der Waals surface area contributed by atoms with Crippen LogP contribution in [0.1, 0.15) is 6.42 Å². The number of hydrogen-bond acceptors (Lipinski definition) is 6. The van der Waals surface area contributed by atoms with Crippen molar-refractivity contribution >= 4 is 36.4 Å². The van der Waals surface area contributed by atoms with Gasteiger partial charge < -0.3 is 29.7 Å². The fourth-order valence-electron chi connectivity index (χ4n) is 2.91. The summed E-state index contributed by atoms with van der Waals surface area (Å²) in [6.45, 7) is 4.18. The Kier molecular flexibility index (Phi) is 13.0. The molecule has 7 nitrogen and oxygen atoms in total. The van der Waals surface area contributed by atoms with Crippen LogP contribution < -0.4 is 25.0 Å². The topological polar surface area (TPSA) is 72.1 Å². The van der Waals surface area contributed by atoms with Gasteiger partial charge in [0.25, 0.3) is 0 Å². The lowest BCUT2D eigenvalue weighted by atomic mass is 10.1. The molecule has 1 fully saturated rings. The van der Waals surface area contributed by atoms with Crippen LogP contribution in [0.4, 0.5) is 5.69 Å². The summed E-state index contributed by atoms with van der Waals surface area (Å²) in [5.74, 6) is 2.04. The Morgan fingerprint density at radius 1 is 1.15 bits per heavy atom. The zero-order chi connectivity index (χ0) is 18.1. The Balaban J connectivity index is 0.00000338. The highest BCUT2D eigenvalue weighted by molar-refractivity contribution is 5.85. The van der Waals surface area contributed by atoms with Crippen molar-refractivity contribution in [1.29, 1.82) is 0 Å². The quantitative estimate of drug-likeness (QED) is 0.558. The van der Waals surface area contributed by atoms with Crippen LogP contribution in [0.15, 0.2) is 18.2 Å². The second-order valence-corrected chi connectivity index (χ2v) is 6.15. The van der Waals surface area contributed by atoms with E-state index in [2.05, 4.69) is 15.5 Å². The van der Waals surface area contributed by atoms with E-state index in [1.54, 1.807) is 21.3 Å². The van der Waals surface area contributed by atoms with Crippen molar-refractivity contribution in [3.63, 3.8) is 0 Å². The summed E-state index contributed by atoms with van der Waals surface area (Å²) in [6.07, 6.45) is 1.05. The molecule has 0 radical (unpaired) electrons. The molecule has 1 heterocycles. The van der Waals surface area contributed by atoms with Crippen molar-refractivity contribution in [3.8, 4) is 11.5 Å². The Morgan fingerprint density at radius 2 is 1.81 bits per heavy atom. The summed E-state index contributed by atoms with van der Waals surface area (Å²) in [5, 5.41) is 6.05. The van der Waals surface area contributed by atoms with Crippen molar-refractivity contribution in [3.05, 3.63) is 18.2 Å². The van der Waals surface area contributed by atoms with Crippen molar-refractivity contribution in [2.24, 2.45) is 5.92 Å². The lowest BCUT2D eigenvalue weighted by Crippen LogP contribution is -2.38. The molecule has 27 heavy (non-hydrogen) atoms. The van der Waals surface area contributed by atoms with Crippen LogP contribution >= 0.6 is 24.8 Å². The monoisotopic (exact) mass is 423 g/mol. The molecule has 0 aliphatic carbocycles. The van der Waals surface area contributed by atoms with Gasteiger partial charge in [-0.1, -0.05) is 0 Å². The van der Waals surface area contributed by atoms with E-state index in [4.69, 9.17) is 14.2 Å². The third-order valence-electron chi connectivity index (χ3n) is 4.34. The largest absolute Gasteiger partial charge is 0.497 e. The molecule has 1 aliphatic rings. The van der Waals surface area contributed by atoms with Gasteiger partial charge in [-0.25, -0.2) is 0 Å². The van der Waals surface area contributed by atoms with Gasteiger partial charge in [0.2, 0.25) is 5.91 Å². The maximum Gasteiger partial charge on any atom is 0.233 e. The first kappa shape index (κ1) is 25.6. The molecule has 0 spiro atoms. The summed E-state index contributed by atoms with van der Waals surface area (Å²) in [6, 6.07) is 5.90. The first-order chi connectivity index (χ1) is 12.2. The van der Waals surface area contributed by atoms with Gasteiger partial charge in [0.1, 0.15) is 11.5 Å². The number of ether oxygens (including phenoxy) is 3. The standard InChI is InChI=1S/C18H29N3O4.2ClH/c1-23-7-5-19-12-18(22)20-11-14-4-6-21(13-14)15-8-16(24-2)10-17(9-15)25-3;;/h8-10,14,19H,4-7,11-13H2,1-3H3,(H,20,22);2*1H. The molecule has 0 saturated carbocycles. The van der Waals surface area contributed by atoms with E-state index in [9.17, 15) is 4.79 Å². The van der Waals surface area contributed by atoms with E-state index in [-0.39, 0.29) is 30.7 Å². The van der Waals surface area contributed by atoms with Crippen LogP contribution in [0, 0.1) is 5.92 Å². The molecule has 1 aromatic carbocycles. The van der Waals surface area contributed by atoms with Crippen LogP contribution in [0.2, 0.25) is 0 Å². The molecule has 1 saturated heterocycles. The lowest BCUT2D eigenvalue weighted by Gasteiger charge is -2.20. The average molecular weight is 424 g/mol. The van der Waals surface area contributed by atoms with Gasteiger partial charge in [-0.2, -0.15) is 0 Å². The number of rotatable bonds is 10. The number of hydrogen-bond donors (Lipinski definition) is 2. The molecule has 1 unspecified atom stereocenters. The van der Waals surface area contributed by atoms with Crippen molar-refractivity contribution in [2.45, 2.75) is 6.42 Å². The van der Waals surface area contributed by atoms with Gasteiger partial charge in [0, 0.05) is 57.2 Å². The van der Waals surface area contributed by atoms with E-state index in [0.29, 0.717) is 32.2 Å². The number of nitrogens with zero attached hydrogens (tertiary/aromatic N) is 1. The van der Waals surface area contributed by atoms with E-state index >= 15 is 0 Å². The van der Waals surface area contributed by atoms with E-state index in [0.717, 1.165) is 36.7 Å². The Bertz CT molecular complexity index is 541. The van der Waals surface area contributed by atoms with E-state index in [1.807, 2.05) is 18.2 Å². The number of nitrogens with one attached hydrogen (secondary N) is 2. The minimum atomic E-state index is 0. The molecule has 0 bridgehead atoms. The number of anilines is 1. The molecule has 1 atom stereocenters. The number of amides is 1. The van der Waals surface area contributed by atoms with Crippen LogP contribution in [-0.2, 0) is 9.53 Å². The zero-order valence-corrected chi connectivity index (χ0v) is 17.8.